The smallest absolute Gasteiger partial charge is 0.141 e. The van der Waals surface area contributed by atoms with Gasteiger partial charge in [-0.25, -0.2) is 0 Å². The van der Waals surface area contributed by atoms with Gasteiger partial charge in [0.1, 0.15) is 12.4 Å². The molecule has 0 amide bonds. The van der Waals surface area contributed by atoms with Crippen LogP contribution in [0.15, 0.2) is 36.8 Å². The highest BCUT2D eigenvalue weighted by molar-refractivity contribution is 5.23. The van der Waals surface area contributed by atoms with Crippen molar-refractivity contribution in [3.63, 3.8) is 0 Å². The highest BCUT2D eigenvalue weighted by Crippen LogP contribution is 2.02. The first-order valence-corrected chi connectivity index (χ1v) is 3.62. The van der Waals surface area contributed by atoms with Crippen LogP contribution in [0.4, 0.5) is 0 Å². The molecule has 0 saturated carbocycles. The van der Waals surface area contributed by atoms with Crippen molar-refractivity contribution in [3.05, 3.63) is 36.8 Å². The first-order chi connectivity index (χ1) is 5.76. The Hall–Kier alpha value is -1.22. The number of allylic oxidation sites excluding steroid dienone is 2. The van der Waals surface area contributed by atoms with Gasteiger partial charge in [-0.05, 0) is 12.2 Å². The number of rotatable bonds is 6. The van der Waals surface area contributed by atoms with Gasteiger partial charge < -0.3 is 15.2 Å². The van der Waals surface area contributed by atoms with Gasteiger partial charge in [0.05, 0.1) is 12.3 Å². The van der Waals surface area contributed by atoms with Crippen LogP contribution in [0.2, 0.25) is 0 Å². The van der Waals surface area contributed by atoms with E-state index in [1.807, 2.05) is 0 Å². The van der Waals surface area contributed by atoms with E-state index in [-0.39, 0.29) is 0 Å². The Balaban J connectivity index is 3.99. The van der Waals surface area contributed by atoms with Crippen LogP contribution in [-0.2, 0) is 9.47 Å². The number of ether oxygens (including phenoxy) is 2. The zero-order valence-electron chi connectivity index (χ0n) is 7.38. The number of nitrogens with two attached hydrogens (primary N) is 1. The predicted octanol–water partition coefficient (Wildman–Crippen LogP) is 1.19. The Morgan fingerprint density at radius 3 is 2.42 bits per heavy atom. The van der Waals surface area contributed by atoms with Crippen molar-refractivity contribution in [2.45, 2.75) is 0 Å². The average molecular weight is 169 g/mol. The third-order valence-electron chi connectivity index (χ3n) is 1.23. The second-order valence-electron chi connectivity index (χ2n) is 2.07. The van der Waals surface area contributed by atoms with Gasteiger partial charge in [0, 0.05) is 7.11 Å². The number of hydrogen-bond donors (Lipinski definition) is 1. The molecule has 0 saturated heterocycles. The van der Waals surface area contributed by atoms with Crippen molar-refractivity contribution in [1.29, 1.82) is 0 Å². The first-order valence-electron chi connectivity index (χ1n) is 3.62. The van der Waals surface area contributed by atoms with E-state index in [0.29, 0.717) is 24.7 Å². The van der Waals surface area contributed by atoms with Crippen molar-refractivity contribution in [2.24, 2.45) is 5.73 Å². The topological polar surface area (TPSA) is 44.5 Å². The minimum atomic E-state index is 0.465. The summed E-state index contributed by atoms with van der Waals surface area (Å²) in [6.07, 6.45) is 3.07. The fourth-order valence-electron chi connectivity index (χ4n) is 0.596. The maximum Gasteiger partial charge on any atom is 0.141 e. The van der Waals surface area contributed by atoms with Gasteiger partial charge in [-0.1, -0.05) is 13.2 Å². The summed E-state index contributed by atoms with van der Waals surface area (Å²) >= 11 is 0. The van der Waals surface area contributed by atoms with E-state index in [4.69, 9.17) is 15.2 Å². The van der Waals surface area contributed by atoms with Crippen LogP contribution in [0.3, 0.4) is 0 Å². The minimum Gasteiger partial charge on any atom is -0.489 e. The molecule has 3 heteroatoms. The number of methoxy groups -OCH3 is 1. The molecule has 0 aliphatic rings. The van der Waals surface area contributed by atoms with Gasteiger partial charge in [0.2, 0.25) is 0 Å². The summed E-state index contributed by atoms with van der Waals surface area (Å²) in [7, 11) is 1.61. The van der Waals surface area contributed by atoms with Crippen molar-refractivity contribution >= 4 is 0 Å². The largest absolute Gasteiger partial charge is 0.489 e. The van der Waals surface area contributed by atoms with Gasteiger partial charge in [-0.2, -0.15) is 0 Å². The van der Waals surface area contributed by atoms with Crippen LogP contribution in [0.1, 0.15) is 0 Å². The third kappa shape index (κ3) is 3.83. The maximum absolute atomic E-state index is 5.53. The molecule has 0 aromatic carbocycles. The van der Waals surface area contributed by atoms with Gasteiger partial charge >= 0.3 is 0 Å². The molecule has 0 rings (SSSR count). The molecule has 0 heterocycles. The summed E-state index contributed by atoms with van der Waals surface area (Å²) in [6, 6.07) is 0. The molecule has 2 N–H and O–H groups in total. The van der Waals surface area contributed by atoms with Crippen LogP contribution in [0, 0.1) is 0 Å². The van der Waals surface area contributed by atoms with Crippen LogP contribution < -0.4 is 5.73 Å². The normalized spacial score (nSPS) is 11.8. The van der Waals surface area contributed by atoms with Gasteiger partial charge in [0.15, 0.2) is 0 Å². The standard InChI is InChI=1S/C9H15NO2/c1-4-8(10)9(5-2)12-7-6-11-3/h4-5H,1-2,6-7,10H2,3H3/b9-8-. The summed E-state index contributed by atoms with van der Waals surface area (Å²) in [5.74, 6) is 0.544. The molecule has 0 spiro atoms. The van der Waals surface area contributed by atoms with Crippen LogP contribution in [0.25, 0.3) is 0 Å². The van der Waals surface area contributed by atoms with Gasteiger partial charge in [-0.15, -0.1) is 0 Å². The van der Waals surface area contributed by atoms with E-state index < -0.39 is 0 Å². The fourth-order valence-corrected chi connectivity index (χ4v) is 0.596. The lowest BCUT2D eigenvalue weighted by molar-refractivity contribution is 0.113. The molecule has 12 heavy (non-hydrogen) atoms. The van der Waals surface area contributed by atoms with Crippen molar-refractivity contribution in [1.82, 2.24) is 0 Å². The highest BCUT2D eigenvalue weighted by Gasteiger charge is 1.96. The second-order valence-corrected chi connectivity index (χ2v) is 2.07. The Morgan fingerprint density at radius 2 is 2.00 bits per heavy atom. The quantitative estimate of drug-likeness (QED) is 0.369. The van der Waals surface area contributed by atoms with Crippen LogP contribution in [0.5, 0.6) is 0 Å². The van der Waals surface area contributed by atoms with Crippen LogP contribution in [-0.4, -0.2) is 20.3 Å². The zero-order chi connectivity index (χ0) is 9.40. The Bertz CT molecular complexity index is 185. The lowest BCUT2D eigenvalue weighted by atomic mass is 10.3. The van der Waals surface area contributed by atoms with E-state index in [9.17, 15) is 0 Å². The lowest BCUT2D eigenvalue weighted by Gasteiger charge is -2.07. The van der Waals surface area contributed by atoms with Crippen molar-refractivity contribution < 1.29 is 9.47 Å². The van der Waals surface area contributed by atoms with E-state index in [0.717, 1.165) is 0 Å². The molecular weight excluding hydrogens is 154 g/mol. The molecule has 68 valence electrons. The fraction of sp³-hybridized carbons (Fsp3) is 0.333. The summed E-state index contributed by atoms with van der Waals surface area (Å²) in [4.78, 5) is 0. The second kappa shape index (κ2) is 6.49. The summed E-state index contributed by atoms with van der Waals surface area (Å²) < 4.78 is 10.0. The van der Waals surface area contributed by atoms with Gasteiger partial charge in [0.25, 0.3) is 0 Å². The Kier molecular flexibility index (Phi) is 5.83. The summed E-state index contributed by atoms with van der Waals surface area (Å²) in [5, 5.41) is 0. The van der Waals surface area contributed by atoms with E-state index in [1.165, 1.54) is 6.08 Å². The highest BCUT2D eigenvalue weighted by atomic mass is 16.5. The molecule has 0 aliphatic carbocycles. The number of hydrogen-bond acceptors (Lipinski definition) is 3. The molecular formula is C9H15NO2. The van der Waals surface area contributed by atoms with Crippen LogP contribution >= 0.6 is 0 Å². The molecule has 0 bridgehead atoms. The molecule has 0 atom stereocenters. The Morgan fingerprint density at radius 1 is 1.33 bits per heavy atom. The van der Waals surface area contributed by atoms with Crippen molar-refractivity contribution in [2.75, 3.05) is 20.3 Å². The summed E-state index contributed by atoms with van der Waals surface area (Å²) in [6.45, 7) is 8.07. The maximum atomic E-state index is 5.53. The molecule has 3 nitrogen and oxygen atoms in total. The van der Waals surface area contributed by atoms with E-state index in [2.05, 4.69) is 13.2 Å². The van der Waals surface area contributed by atoms with Gasteiger partial charge in [-0.3, -0.25) is 0 Å². The monoisotopic (exact) mass is 169 g/mol. The minimum absolute atomic E-state index is 0.465. The Labute approximate surface area is 73.2 Å². The van der Waals surface area contributed by atoms with E-state index >= 15 is 0 Å². The zero-order valence-corrected chi connectivity index (χ0v) is 7.38. The SMILES string of the molecule is C=C/C(N)=C(\C=C)OCCOC. The molecule has 0 unspecified atom stereocenters. The lowest BCUT2D eigenvalue weighted by Crippen LogP contribution is -2.05. The first kappa shape index (κ1) is 10.8. The molecule has 0 aromatic heterocycles. The molecule has 0 radical (unpaired) electrons. The van der Waals surface area contributed by atoms with Crippen molar-refractivity contribution in [3.8, 4) is 0 Å². The molecule has 0 aliphatic heterocycles. The molecule has 0 fully saturated rings. The predicted molar refractivity (Wildman–Crippen MR) is 49.4 cm³/mol. The van der Waals surface area contributed by atoms with E-state index in [1.54, 1.807) is 13.2 Å². The average Bonchev–Trinajstić information content (AvgIpc) is 2.11. The molecule has 0 aromatic rings. The summed E-state index contributed by atoms with van der Waals surface area (Å²) in [5.41, 5.74) is 6.02. The third-order valence-corrected chi connectivity index (χ3v) is 1.23.